The summed E-state index contributed by atoms with van der Waals surface area (Å²) < 4.78 is 114. The average Bonchev–Trinajstić information content (AvgIpc) is 1.11. The zero-order valence-corrected chi connectivity index (χ0v) is 82.2. The van der Waals surface area contributed by atoms with Gasteiger partial charge in [-0.2, -0.15) is 0 Å². The second-order valence-electron chi connectivity index (χ2n) is 34.5. The molecular formula is C96H108BrCl3N10O21S3. The Labute approximate surface area is 802 Å². The van der Waals surface area contributed by atoms with Gasteiger partial charge in [-0.3, -0.25) is 29.3 Å². The molecule has 134 heavy (non-hydrogen) atoms. The Bertz CT molecular complexity index is 6410. The van der Waals surface area contributed by atoms with Gasteiger partial charge in [0.25, 0.3) is 5.69 Å². The van der Waals surface area contributed by atoms with E-state index in [0.29, 0.717) is 188 Å². The van der Waals surface area contributed by atoms with Crippen molar-refractivity contribution in [1.29, 1.82) is 0 Å². The molecule has 4 amide bonds. The van der Waals surface area contributed by atoms with Gasteiger partial charge in [0.15, 0.2) is 29.5 Å². The van der Waals surface area contributed by atoms with Crippen molar-refractivity contribution in [2.75, 3.05) is 121 Å². The van der Waals surface area contributed by atoms with E-state index < -0.39 is 46.5 Å². The number of phenolic OH excluding ortho intramolecular Hbond substituents is 2. The minimum Gasteiger partial charge on any atom is -0.508 e. The smallest absolute Gasteiger partial charge is 0.272 e. The van der Waals surface area contributed by atoms with E-state index in [1.165, 1.54) is 55.0 Å². The Balaban J connectivity index is 0.000000143. The number of sulfone groups is 3. The number of carbonyl (C=O) groups is 4. The number of carbonyl (C=O) groups excluding carboxylic acids is 4. The number of para-hydroxylation sites is 1. The third-order valence-electron chi connectivity index (χ3n) is 25.3. The molecule has 714 valence electrons. The number of aryl methyl sites for hydroxylation is 1. The molecule has 0 bridgehead atoms. The molecule has 8 aliphatic rings. The second kappa shape index (κ2) is 41.5. The minimum absolute atomic E-state index is 0.00558. The number of nitrogens with zero attached hydrogens (tertiary/aromatic N) is 5. The number of likely N-dealkylation sites (tertiary alicyclic amines) is 4. The Kier molecular flexibility index (Phi) is 30.5. The summed E-state index contributed by atoms with van der Waals surface area (Å²) in [4.78, 5) is 69.8. The molecule has 8 heterocycles. The van der Waals surface area contributed by atoms with Crippen molar-refractivity contribution in [3.63, 3.8) is 0 Å². The average molecular weight is 2020 g/mol. The largest absolute Gasteiger partial charge is 0.508 e. The predicted molar refractivity (Wildman–Crippen MR) is 519 cm³/mol. The molecule has 0 aliphatic carbocycles. The predicted octanol–water partition coefficient (Wildman–Crippen LogP) is 18.4. The van der Waals surface area contributed by atoms with Crippen LogP contribution < -0.4 is 59.7 Å². The van der Waals surface area contributed by atoms with Gasteiger partial charge < -0.3 is 89.6 Å². The summed E-state index contributed by atoms with van der Waals surface area (Å²) in [6.07, 6.45) is 10.6. The van der Waals surface area contributed by atoms with Gasteiger partial charge in [-0.05, 0) is 154 Å². The maximum absolute atomic E-state index is 12.8. The van der Waals surface area contributed by atoms with Crippen molar-refractivity contribution < 1.29 is 92.7 Å². The van der Waals surface area contributed by atoms with Gasteiger partial charge in [0, 0.05) is 169 Å². The van der Waals surface area contributed by atoms with Crippen LogP contribution in [0.25, 0.3) is 0 Å². The fourth-order valence-corrected chi connectivity index (χ4v) is 23.0. The molecule has 4 fully saturated rings. The van der Waals surface area contributed by atoms with Gasteiger partial charge in [0.05, 0.1) is 143 Å². The summed E-state index contributed by atoms with van der Waals surface area (Å²) in [5.41, 5.74) is 12.7. The zero-order valence-electron chi connectivity index (χ0n) is 75.9. The maximum atomic E-state index is 12.8. The lowest BCUT2D eigenvalue weighted by molar-refractivity contribution is -0.385. The molecule has 0 aromatic heterocycles. The molecule has 7 N–H and O–H groups in total. The number of ether oxygens (including phenoxy) is 7. The van der Waals surface area contributed by atoms with Crippen LogP contribution in [-0.4, -0.2) is 178 Å². The van der Waals surface area contributed by atoms with Crippen LogP contribution in [0.5, 0.6) is 51.7 Å². The van der Waals surface area contributed by atoms with Crippen LogP contribution >= 0.6 is 50.7 Å². The lowest BCUT2D eigenvalue weighted by Crippen LogP contribution is -2.36. The first kappa shape index (κ1) is 98.6. The number of phenols is 2. The number of benzene rings is 9. The lowest BCUT2D eigenvalue weighted by Gasteiger charge is -2.40. The van der Waals surface area contributed by atoms with Crippen LogP contribution in [-0.2, 0) is 65.9 Å². The maximum Gasteiger partial charge on any atom is 0.272 e. The van der Waals surface area contributed by atoms with Gasteiger partial charge in [0.1, 0.15) is 51.7 Å². The van der Waals surface area contributed by atoms with Crippen LogP contribution in [0, 0.1) is 17.0 Å². The van der Waals surface area contributed by atoms with Gasteiger partial charge in [0.2, 0.25) is 23.6 Å². The fraction of sp³-hybridized carbons (Fsp3) is 0.396. The van der Waals surface area contributed by atoms with E-state index in [2.05, 4.69) is 48.6 Å². The molecule has 0 spiro atoms. The Morgan fingerprint density at radius 2 is 0.813 bits per heavy atom. The second-order valence-corrected chi connectivity index (χ2v) is 43.1. The standard InChI is InChI=1S/C26H26BrN3O3.C24H29N3O7S.C23H26Cl2N2O5S.C23H27ClN2O6S/c1-33-24-14-18(28-17-6-3-2-4-7-17)13-20-22(30-11-5-8-25(30)32)15-21(29-26(20)24)19-12-16(27)9-10-23(19)31;1-14-7-8-15(10-18(14)27(29)30)17-12-19(26-9-5-6-21(26)28)22-23(25-17)20(33-2)11-16(24(22)34-3)13-35(4,31)32;1-31-19-9-13(12-33(3,29)30)23(32-2)21-18(27-8-4-5-20(27)28)11-17(26-22(19)21)15-7-6-14(24)10-16(15)25;1-31-19-9-13(12-33(3,29)30)23(32-2)21-17(26-8-4-5-20(26)28)11-16(25-22(19)21)15-10-14(24)6-7-18(15)27/h2-4,6-7,9-10,12-14,21-22,28-29,31H,5,8,11,15H2,1H3;7-8,10-11,17,19,25H,5-6,9,12-13H2,1-4H3;6-7,9-10,17-18,26H,4-5,8,11-12H2,1-3H3;6-7,9-10,16-17,25,27H,4-5,8,11-12H2,1-3H3. The van der Waals surface area contributed by atoms with E-state index in [1.54, 1.807) is 84.5 Å². The van der Waals surface area contributed by atoms with Crippen molar-refractivity contribution in [3.8, 4) is 51.7 Å². The minimum atomic E-state index is -3.38. The molecule has 9 aromatic rings. The lowest BCUT2D eigenvalue weighted by atomic mass is 9.86. The number of nitro benzene ring substituents is 1. The van der Waals surface area contributed by atoms with Crippen LogP contribution in [0.15, 0.2) is 138 Å². The summed E-state index contributed by atoms with van der Waals surface area (Å²) in [6.45, 7) is 4.18. The van der Waals surface area contributed by atoms with E-state index in [1.807, 2.05) is 70.5 Å². The molecule has 31 nitrogen and oxygen atoms in total. The highest BCUT2D eigenvalue weighted by Gasteiger charge is 2.46. The van der Waals surface area contributed by atoms with Gasteiger partial charge >= 0.3 is 0 Å². The van der Waals surface area contributed by atoms with E-state index in [4.69, 9.17) is 68.0 Å². The first-order valence-electron chi connectivity index (χ1n) is 43.6. The fourth-order valence-electron chi connectivity index (χ4n) is 19.6. The summed E-state index contributed by atoms with van der Waals surface area (Å²) in [6, 6.07) is 37.4. The number of rotatable bonds is 24. The molecule has 9 aromatic carbocycles. The van der Waals surface area contributed by atoms with Crippen LogP contribution in [0.4, 0.5) is 39.8 Å². The molecule has 8 unspecified atom stereocenters. The van der Waals surface area contributed by atoms with Crippen molar-refractivity contribution in [1.82, 2.24) is 19.6 Å². The van der Waals surface area contributed by atoms with Crippen LogP contribution in [0.3, 0.4) is 0 Å². The zero-order chi connectivity index (χ0) is 96.3. The SMILES string of the molecule is COc1cc(CS(C)(=O)=O)c(OC)c2c1NC(c1cc(Cl)ccc1O)CC2N1CCCC1=O.COc1cc(CS(C)(=O)=O)c(OC)c2c1NC(c1ccc(C)c([N+](=O)[O-])c1)CC2N1CCCC1=O.COc1cc(CS(C)(=O)=O)c(OC)c2c1NC(c1ccc(Cl)cc1Cl)CC2N1CCCC1=O.COc1cc(Nc2ccccc2)cc2c1NC(c1cc(Br)ccc1O)CC2N1CCCC1=O. The number of nitro groups is 1. The first-order valence-corrected chi connectivity index (χ1v) is 51.7. The Morgan fingerprint density at radius 3 is 1.22 bits per heavy atom. The quantitative estimate of drug-likeness (QED) is 0.0218. The highest BCUT2D eigenvalue weighted by atomic mass is 79.9. The summed E-state index contributed by atoms with van der Waals surface area (Å²) in [5.74, 6) is 3.22. The number of hydrogen-bond acceptors (Lipinski definition) is 26. The van der Waals surface area contributed by atoms with Crippen molar-refractivity contribution in [2.45, 2.75) is 150 Å². The number of amides is 4. The van der Waals surface area contributed by atoms with E-state index in [9.17, 15) is 64.8 Å². The summed E-state index contributed by atoms with van der Waals surface area (Å²) in [5, 5.41) is 51.6. The van der Waals surface area contributed by atoms with Gasteiger partial charge in [-0.1, -0.05) is 87.1 Å². The van der Waals surface area contributed by atoms with E-state index in [0.717, 1.165) is 88.5 Å². The molecular weight excluding hydrogens is 1910 g/mol. The monoisotopic (exact) mass is 2020 g/mol. The highest BCUT2D eigenvalue weighted by Crippen LogP contribution is 2.58. The third-order valence-corrected chi connectivity index (χ3v) is 29.1. The van der Waals surface area contributed by atoms with E-state index >= 15 is 0 Å². The molecule has 17 rings (SSSR count). The van der Waals surface area contributed by atoms with Crippen molar-refractivity contribution >= 4 is 144 Å². The Morgan fingerprint density at radius 1 is 0.433 bits per heavy atom. The highest BCUT2D eigenvalue weighted by molar-refractivity contribution is 9.10. The summed E-state index contributed by atoms with van der Waals surface area (Å²) in [7, 11) is 0.586. The molecule has 8 atom stereocenters. The number of nitrogens with one attached hydrogen (secondary N) is 5. The van der Waals surface area contributed by atoms with E-state index in [-0.39, 0.29) is 94.3 Å². The molecule has 8 aliphatic heterocycles. The number of halogens is 4. The summed E-state index contributed by atoms with van der Waals surface area (Å²) >= 11 is 22.4. The number of methoxy groups -OCH3 is 7. The number of anilines is 6. The normalized spacial score (nSPS) is 20.1. The van der Waals surface area contributed by atoms with Crippen LogP contribution in [0.1, 0.15) is 192 Å². The topological polar surface area (TPSA) is 392 Å². The molecule has 38 heteroatoms. The molecule has 0 saturated carbocycles. The first-order chi connectivity index (χ1) is 63.8. The molecule has 4 saturated heterocycles. The third kappa shape index (κ3) is 21.8. The van der Waals surface area contributed by atoms with Gasteiger partial charge in [-0.25, -0.2) is 25.3 Å². The van der Waals surface area contributed by atoms with Crippen molar-refractivity contribution in [3.05, 3.63) is 230 Å². The molecule has 0 radical (unpaired) electrons. The van der Waals surface area contributed by atoms with Crippen molar-refractivity contribution in [2.24, 2.45) is 0 Å². The number of hydrogen-bond donors (Lipinski definition) is 7. The van der Waals surface area contributed by atoms with Gasteiger partial charge in [-0.15, -0.1) is 0 Å². The number of aromatic hydroxyl groups is 2. The number of fused-ring (bicyclic) bond motifs is 4. The van der Waals surface area contributed by atoms with Crippen LogP contribution in [0.2, 0.25) is 15.1 Å². The Hall–Kier alpha value is -11.3.